The average Bonchev–Trinajstić information content (AvgIpc) is 3.19. The fourth-order valence-corrected chi connectivity index (χ4v) is 3.64. The van der Waals surface area contributed by atoms with Crippen LogP contribution in [0.25, 0.3) is 11.0 Å². The van der Waals surface area contributed by atoms with E-state index in [0.717, 1.165) is 55.6 Å². The smallest absolute Gasteiger partial charge is 0.326 e. The van der Waals surface area contributed by atoms with E-state index in [1.165, 1.54) is 0 Å². The largest absolute Gasteiger partial charge is 0.338 e. The third kappa shape index (κ3) is 3.24. The fraction of sp³-hybridized carbons (Fsp3) is 0.500. The van der Waals surface area contributed by atoms with Crippen molar-refractivity contribution < 1.29 is 4.52 Å². The standard InChI is InChI=1S/C18H23N5O2/c1-2-5-16-20-17(25-21-16)12-22-10-8-13(9-11-22)23-15-7-4-3-6-14(15)19-18(23)24/h3-4,6-7,13H,2,5,8-12H2,1H3,(H,19,24). The zero-order valence-corrected chi connectivity index (χ0v) is 14.4. The summed E-state index contributed by atoms with van der Waals surface area (Å²) in [6.45, 7) is 4.63. The second kappa shape index (κ2) is 6.84. The van der Waals surface area contributed by atoms with Gasteiger partial charge in [-0.05, 0) is 31.4 Å². The Morgan fingerprint density at radius 2 is 2.08 bits per heavy atom. The van der Waals surface area contributed by atoms with Crippen molar-refractivity contribution in [2.45, 2.75) is 45.2 Å². The molecule has 7 nitrogen and oxygen atoms in total. The molecule has 25 heavy (non-hydrogen) atoms. The van der Waals surface area contributed by atoms with E-state index < -0.39 is 0 Å². The van der Waals surface area contributed by atoms with Crippen LogP contribution in [0.1, 0.15) is 43.9 Å². The van der Waals surface area contributed by atoms with Gasteiger partial charge in [-0.15, -0.1) is 0 Å². The van der Waals surface area contributed by atoms with Crippen LogP contribution < -0.4 is 5.69 Å². The molecule has 1 aromatic carbocycles. The van der Waals surface area contributed by atoms with E-state index in [4.69, 9.17) is 4.52 Å². The molecule has 1 aliphatic rings. The first-order valence-electron chi connectivity index (χ1n) is 8.97. The van der Waals surface area contributed by atoms with Crippen LogP contribution in [-0.2, 0) is 13.0 Å². The highest BCUT2D eigenvalue weighted by Crippen LogP contribution is 2.25. The number of aromatic amines is 1. The van der Waals surface area contributed by atoms with Gasteiger partial charge in [0.1, 0.15) is 0 Å². The molecule has 2 aromatic heterocycles. The van der Waals surface area contributed by atoms with Crippen molar-refractivity contribution in [3.8, 4) is 0 Å². The van der Waals surface area contributed by atoms with Crippen molar-refractivity contribution >= 4 is 11.0 Å². The summed E-state index contributed by atoms with van der Waals surface area (Å²) in [6, 6.07) is 8.12. The Hall–Kier alpha value is -2.41. The third-order valence-electron chi connectivity index (χ3n) is 4.89. The lowest BCUT2D eigenvalue weighted by molar-refractivity contribution is 0.161. The van der Waals surface area contributed by atoms with Gasteiger partial charge in [-0.1, -0.05) is 24.2 Å². The highest BCUT2D eigenvalue weighted by molar-refractivity contribution is 5.75. The highest BCUT2D eigenvalue weighted by atomic mass is 16.5. The lowest BCUT2D eigenvalue weighted by Crippen LogP contribution is -2.36. The first-order valence-corrected chi connectivity index (χ1v) is 8.97. The van der Waals surface area contributed by atoms with Crippen molar-refractivity contribution in [3.05, 3.63) is 46.5 Å². The maximum Gasteiger partial charge on any atom is 0.326 e. The van der Waals surface area contributed by atoms with Crippen LogP contribution >= 0.6 is 0 Å². The molecule has 0 unspecified atom stereocenters. The topological polar surface area (TPSA) is 80.0 Å². The maximum absolute atomic E-state index is 12.3. The number of para-hydroxylation sites is 2. The van der Waals surface area contributed by atoms with Crippen molar-refractivity contribution in [1.82, 2.24) is 24.6 Å². The number of fused-ring (bicyclic) bond motifs is 1. The lowest BCUT2D eigenvalue weighted by atomic mass is 10.0. The van der Waals surface area contributed by atoms with Crippen LogP contribution in [0.15, 0.2) is 33.6 Å². The Kier molecular flexibility index (Phi) is 4.40. The van der Waals surface area contributed by atoms with Gasteiger partial charge in [0, 0.05) is 25.6 Å². The normalized spacial score (nSPS) is 16.7. The van der Waals surface area contributed by atoms with Crippen LogP contribution in [0, 0.1) is 0 Å². The second-order valence-corrected chi connectivity index (χ2v) is 6.68. The summed E-state index contributed by atoms with van der Waals surface area (Å²) in [7, 11) is 0. The molecule has 3 aromatic rings. The summed E-state index contributed by atoms with van der Waals surface area (Å²) in [6.07, 6.45) is 3.76. The molecule has 0 amide bonds. The number of nitrogens with one attached hydrogen (secondary N) is 1. The Morgan fingerprint density at radius 1 is 1.28 bits per heavy atom. The molecule has 1 fully saturated rings. The van der Waals surface area contributed by atoms with Gasteiger partial charge in [0.05, 0.1) is 17.6 Å². The molecule has 7 heteroatoms. The molecule has 0 atom stereocenters. The van der Waals surface area contributed by atoms with Crippen LogP contribution in [0.3, 0.4) is 0 Å². The molecule has 0 radical (unpaired) electrons. The number of nitrogens with zero attached hydrogens (tertiary/aromatic N) is 4. The molecule has 1 N–H and O–H groups in total. The third-order valence-corrected chi connectivity index (χ3v) is 4.89. The van der Waals surface area contributed by atoms with E-state index in [-0.39, 0.29) is 11.7 Å². The van der Waals surface area contributed by atoms with E-state index in [1.54, 1.807) is 0 Å². The zero-order valence-electron chi connectivity index (χ0n) is 14.4. The summed E-state index contributed by atoms with van der Waals surface area (Å²) in [4.78, 5) is 22.0. The molecular formula is C18H23N5O2. The highest BCUT2D eigenvalue weighted by Gasteiger charge is 2.24. The molecular weight excluding hydrogens is 318 g/mol. The molecule has 0 bridgehead atoms. The van der Waals surface area contributed by atoms with Gasteiger partial charge in [0.25, 0.3) is 0 Å². The average molecular weight is 341 g/mol. The van der Waals surface area contributed by atoms with Gasteiger partial charge < -0.3 is 9.51 Å². The van der Waals surface area contributed by atoms with Crippen molar-refractivity contribution in [3.63, 3.8) is 0 Å². The number of aromatic nitrogens is 4. The minimum Gasteiger partial charge on any atom is -0.338 e. The summed E-state index contributed by atoms with van der Waals surface area (Å²) in [5, 5.41) is 4.01. The number of aryl methyl sites for hydroxylation is 1. The van der Waals surface area contributed by atoms with Crippen LogP contribution in [0.5, 0.6) is 0 Å². The van der Waals surface area contributed by atoms with E-state index in [9.17, 15) is 4.79 Å². The van der Waals surface area contributed by atoms with E-state index in [0.29, 0.717) is 12.4 Å². The first-order chi connectivity index (χ1) is 12.2. The van der Waals surface area contributed by atoms with Gasteiger partial charge in [-0.3, -0.25) is 9.47 Å². The van der Waals surface area contributed by atoms with Crippen LogP contribution in [0.4, 0.5) is 0 Å². The van der Waals surface area contributed by atoms with E-state index in [2.05, 4.69) is 26.9 Å². The van der Waals surface area contributed by atoms with E-state index in [1.807, 2.05) is 28.8 Å². The minimum atomic E-state index is -0.0132. The van der Waals surface area contributed by atoms with Gasteiger partial charge in [0.15, 0.2) is 5.82 Å². The molecule has 0 aliphatic carbocycles. The Morgan fingerprint density at radius 3 is 2.88 bits per heavy atom. The molecule has 3 heterocycles. The molecule has 4 rings (SSSR count). The van der Waals surface area contributed by atoms with Gasteiger partial charge >= 0.3 is 5.69 Å². The minimum absolute atomic E-state index is 0.0132. The number of imidazole rings is 1. The number of hydrogen-bond acceptors (Lipinski definition) is 5. The lowest BCUT2D eigenvalue weighted by Gasteiger charge is -2.31. The van der Waals surface area contributed by atoms with Gasteiger partial charge in [-0.25, -0.2) is 4.79 Å². The predicted octanol–water partition coefficient (Wildman–Crippen LogP) is 2.50. The summed E-state index contributed by atoms with van der Waals surface area (Å²) >= 11 is 0. The Bertz CT molecular complexity index is 901. The summed E-state index contributed by atoms with van der Waals surface area (Å²) in [5.74, 6) is 1.48. The molecule has 0 spiro atoms. The van der Waals surface area contributed by atoms with Crippen molar-refractivity contribution in [1.29, 1.82) is 0 Å². The molecule has 0 saturated carbocycles. The number of rotatable bonds is 5. The SMILES string of the molecule is CCCc1noc(CN2CCC(n3c(=O)[nH]c4ccccc43)CC2)n1. The van der Waals surface area contributed by atoms with Crippen LogP contribution in [0.2, 0.25) is 0 Å². The summed E-state index contributed by atoms with van der Waals surface area (Å²) in [5.41, 5.74) is 1.89. The molecule has 132 valence electrons. The van der Waals surface area contributed by atoms with Crippen LogP contribution in [-0.4, -0.2) is 37.7 Å². The predicted molar refractivity (Wildman–Crippen MR) is 94.4 cm³/mol. The second-order valence-electron chi connectivity index (χ2n) is 6.68. The maximum atomic E-state index is 12.3. The number of benzene rings is 1. The molecule has 1 saturated heterocycles. The Balaban J connectivity index is 1.42. The van der Waals surface area contributed by atoms with E-state index >= 15 is 0 Å². The number of hydrogen-bond donors (Lipinski definition) is 1. The summed E-state index contributed by atoms with van der Waals surface area (Å²) < 4.78 is 7.25. The van der Waals surface area contributed by atoms with Gasteiger partial charge in [-0.2, -0.15) is 4.98 Å². The number of H-pyrrole nitrogens is 1. The quantitative estimate of drug-likeness (QED) is 0.771. The van der Waals surface area contributed by atoms with Gasteiger partial charge in [0.2, 0.25) is 5.89 Å². The van der Waals surface area contributed by atoms with Crippen molar-refractivity contribution in [2.75, 3.05) is 13.1 Å². The Labute approximate surface area is 145 Å². The first kappa shape index (κ1) is 16.1. The monoisotopic (exact) mass is 341 g/mol. The number of piperidine rings is 1. The zero-order chi connectivity index (χ0) is 17.2. The number of likely N-dealkylation sites (tertiary alicyclic amines) is 1. The fourth-order valence-electron chi connectivity index (χ4n) is 3.64. The molecule has 1 aliphatic heterocycles. The van der Waals surface area contributed by atoms with Crippen molar-refractivity contribution in [2.24, 2.45) is 0 Å².